The van der Waals surface area contributed by atoms with Gasteiger partial charge in [0.15, 0.2) is 0 Å². The number of primary amides is 1. The van der Waals surface area contributed by atoms with Crippen molar-refractivity contribution in [2.75, 3.05) is 7.11 Å². The van der Waals surface area contributed by atoms with E-state index >= 15 is 0 Å². The van der Waals surface area contributed by atoms with Crippen molar-refractivity contribution < 1.29 is 9.53 Å². The first-order valence-corrected chi connectivity index (χ1v) is 3.62. The number of carbonyl (C=O) groups is 1. The van der Waals surface area contributed by atoms with Crippen molar-refractivity contribution in [3.05, 3.63) is 12.2 Å². The van der Waals surface area contributed by atoms with Gasteiger partial charge in [0.2, 0.25) is 5.91 Å². The lowest BCUT2D eigenvalue weighted by Gasteiger charge is -2.12. The van der Waals surface area contributed by atoms with Crippen molar-refractivity contribution in [1.29, 1.82) is 0 Å². The Balaban J connectivity index is 3.81. The Bertz CT molecular complexity index is 150. The van der Waals surface area contributed by atoms with Crippen LogP contribution in [-0.4, -0.2) is 19.1 Å². The van der Waals surface area contributed by atoms with Crippen LogP contribution in [0.15, 0.2) is 12.2 Å². The molecule has 3 heteroatoms. The Labute approximate surface area is 67.2 Å². The van der Waals surface area contributed by atoms with Gasteiger partial charge in [-0.3, -0.25) is 4.79 Å². The van der Waals surface area contributed by atoms with E-state index in [2.05, 4.69) is 6.58 Å². The summed E-state index contributed by atoms with van der Waals surface area (Å²) < 4.78 is 5.05. The highest BCUT2D eigenvalue weighted by Crippen LogP contribution is 2.08. The SMILES string of the molecule is C=C(CC(CC)OC)C(N)=O. The van der Waals surface area contributed by atoms with Gasteiger partial charge in [0.25, 0.3) is 0 Å². The molecule has 0 fully saturated rings. The molecule has 1 unspecified atom stereocenters. The summed E-state index contributed by atoms with van der Waals surface area (Å²) in [5.41, 5.74) is 5.43. The Hall–Kier alpha value is -0.830. The van der Waals surface area contributed by atoms with Crippen LogP contribution in [0.5, 0.6) is 0 Å². The fraction of sp³-hybridized carbons (Fsp3) is 0.625. The molecule has 0 radical (unpaired) electrons. The number of hydrogen-bond donors (Lipinski definition) is 1. The monoisotopic (exact) mass is 157 g/mol. The van der Waals surface area contributed by atoms with Crippen LogP contribution in [0.4, 0.5) is 0 Å². The van der Waals surface area contributed by atoms with Crippen molar-refractivity contribution in [3.63, 3.8) is 0 Å². The summed E-state index contributed by atoms with van der Waals surface area (Å²) in [5.74, 6) is -0.444. The lowest BCUT2D eigenvalue weighted by Crippen LogP contribution is -2.18. The second-order valence-electron chi connectivity index (χ2n) is 2.44. The highest BCUT2D eigenvalue weighted by atomic mass is 16.5. The zero-order valence-corrected chi connectivity index (χ0v) is 7.09. The van der Waals surface area contributed by atoms with E-state index in [0.717, 1.165) is 6.42 Å². The highest BCUT2D eigenvalue weighted by molar-refractivity contribution is 5.91. The van der Waals surface area contributed by atoms with Gasteiger partial charge in [0.1, 0.15) is 0 Å². The summed E-state index contributed by atoms with van der Waals surface area (Å²) in [5, 5.41) is 0. The van der Waals surface area contributed by atoms with E-state index in [1.807, 2.05) is 6.92 Å². The van der Waals surface area contributed by atoms with E-state index in [4.69, 9.17) is 10.5 Å². The van der Waals surface area contributed by atoms with Crippen LogP contribution < -0.4 is 5.73 Å². The summed E-state index contributed by atoms with van der Waals surface area (Å²) in [6, 6.07) is 0. The number of amides is 1. The van der Waals surface area contributed by atoms with Crippen molar-refractivity contribution >= 4 is 5.91 Å². The molecule has 0 bridgehead atoms. The number of nitrogens with two attached hydrogens (primary N) is 1. The van der Waals surface area contributed by atoms with E-state index in [1.54, 1.807) is 7.11 Å². The summed E-state index contributed by atoms with van der Waals surface area (Å²) in [6.45, 7) is 5.52. The molecule has 0 saturated carbocycles. The van der Waals surface area contributed by atoms with E-state index in [1.165, 1.54) is 0 Å². The van der Waals surface area contributed by atoms with Crippen molar-refractivity contribution in [2.45, 2.75) is 25.9 Å². The second kappa shape index (κ2) is 4.91. The maximum absolute atomic E-state index is 10.5. The molecular formula is C8H15NO2. The molecule has 2 N–H and O–H groups in total. The molecule has 1 atom stereocenters. The van der Waals surface area contributed by atoms with E-state index in [-0.39, 0.29) is 6.10 Å². The van der Waals surface area contributed by atoms with E-state index < -0.39 is 5.91 Å². The Morgan fingerprint density at radius 3 is 2.55 bits per heavy atom. The van der Waals surface area contributed by atoms with Crippen LogP contribution in [-0.2, 0) is 9.53 Å². The van der Waals surface area contributed by atoms with Gasteiger partial charge < -0.3 is 10.5 Å². The standard InChI is InChI=1S/C8H15NO2/c1-4-7(11-3)5-6(2)8(9)10/h7H,2,4-5H2,1,3H3,(H2,9,10). The maximum Gasteiger partial charge on any atom is 0.244 e. The lowest BCUT2D eigenvalue weighted by atomic mass is 10.1. The predicted octanol–water partition coefficient (Wildman–Crippen LogP) is 0.843. The minimum atomic E-state index is -0.444. The molecule has 0 rings (SSSR count). The average Bonchev–Trinajstić information content (AvgIpc) is 1.99. The summed E-state index contributed by atoms with van der Waals surface area (Å²) in [7, 11) is 1.61. The molecule has 11 heavy (non-hydrogen) atoms. The van der Waals surface area contributed by atoms with Crippen molar-refractivity contribution in [2.24, 2.45) is 5.73 Å². The first-order valence-electron chi connectivity index (χ1n) is 3.62. The number of hydrogen-bond acceptors (Lipinski definition) is 2. The van der Waals surface area contributed by atoms with Gasteiger partial charge in [-0.15, -0.1) is 0 Å². The first-order chi connectivity index (χ1) is 5.11. The fourth-order valence-electron chi connectivity index (χ4n) is 0.770. The molecule has 0 aromatic heterocycles. The molecular weight excluding hydrogens is 142 g/mol. The summed E-state index contributed by atoms with van der Waals surface area (Å²) >= 11 is 0. The highest BCUT2D eigenvalue weighted by Gasteiger charge is 2.09. The number of carbonyl (C=O) groups excluding carboxylic acids is 1. The summed E-state index contributed by atoms with van der Waals surface area (Å²) in [6.07, 6.45) is 1.46. The van der Waals surface area contributed by atoms with Crippen LogP contribution in [0.1, 0.15) is 19.8 Å². The van der Waals surface area contributed by atoms with Gasteiger partial charge in [-0.2, -0.15) is 0 Å². The predicted molar refractivity (Wildman–Crippen MR) is 44.0 cm³/mol. The van der Waals surface area contributed by atoms with Crippen LogP contribution in [0.25, 0.3) is 0 Å². The van der Waals surface area contributed by atoms with Crippen LogP contribution in [0.3, 0.4) is 0 Å². The minimum Gasteiger partial charge on any atom is -0.381 e. The molecule has 0 spiro atoms. The minimum absolute atomic E-state index is 0.0648. The third kappa shape index (κ3) is 3.78. The van der Waals surface area contributed by atoms with Crippen molar-refractivity contribution in [3.8, 4) is 0 Å². The number of methoxy groups -OCH3 is 1. The zero-order chi connectivity index (χ0) is 8.85. The topological polar surface area (TPSA) is 52.3 Å². The molecule has 0 aliphatic heterocycles. The Morgan fingerprint density at radius 1 is 1.73 bits per heavy atom. The number of ether oxygens (including phenoxy) is 1. The summed E-state index contributed by atoms with van der Waals surface area (Å²) in [4.78, 5) is 10.5. The molecule has 1 amide bonds. The van der Waals surface area contributed by atoms with Gasteiger partial charge in [-0.1, -0.05) is 13.5 Å². The van der Waals surface area contributed by atoms with Gasteiger partial charge >= 0.3 is 0 Å². The average molecular weight is 157 g/mol. The largest absolute Gasteiger partial charge is 0.381 e. The smallest absolute Gasteiger partial charge is 0.244 e. The lowest BCUT2D eigenvalue weighted by molar-refractivity contribution is -0.115. The van der Waals surface area contributed by atoms with Crippen molar-refractivity contribution in [1.82, 2.24) is 0 Å². The van der Waals surface area contributed by atoms with Crippen LogP contribution in [0.2, 0.25) is 0 Å². The molecule has 0 heterocycles. The number of rotatable bonds is 5. The quantitative estimate of drug-likeness (QED) is 0.601. The molecule has 3 nitrogen and oxygen atoms in total. The molecule has 64 valence electrons. The molecule has 0 aliphatic carbocycles. The van der Waals surface area contributed by atoms with Gasteiger partial charge in [0.05, 0.1) is 6.10 Å². The van der Waals surface area contributed by atoms with Gasteiger partial charge in [0, 0.05) is 19.1 Å². The maximum atomic E-state index is 10.5. The Morgan fingerprint density at radius 2 is 2.27 bits per heavy atom. The van der Waals surface area contributed by atoms with E-state index in [0.29, 0.717) is 12.0 Å². The normalized spacial score (nSPS) is 12.5. The molecule has 0 aliphatic rings. The van der Waals surface area contributed by atoms with Crippen LogP contribution >= 0.6 is 0 Å². The van der Waals surface area contributed by atoms with Gasteiger partial charge in [-0.05, 0) is 6.42 Å². The first kappa shape index (κ1) is 10.2. The molecule has 0 saturated heterocycles. The van der Waals surface area contributed by atoms with Crippen LogP contribution in [0, 0.1) is 0 Å². The molecule has 0 aromatic rings. The second-order valence-corrected chi connectivity index (χ2v) is 2.44. The fourth-order valence-corrected chi connectivity index (χ4v) is 0.770. The third-order valence-corrected chi connectivity index (χ3v) is 1.61. The zero-order valence-electron chi connectivity index (χ0n) is 7.09. The molecule has 0 aromatic carbocycles. The Kier molecular flexibility index (Phi) is 4.54. The van der Waals surface area contributed by atoms with E-state index in [9.17, 15) is 4.79 Å². The van der Waals surface area contributed by atoms with Gasteiger partial charge in [-0.25, -0.2) is 0 Å². The third-order valence-electron chi connectivity index (χ3n) is 1.61.